The lowest BCUT2D eigenvalue weighted by Crippen LogP contribution is -2.13. The second-order valence-electron chi connectivity index (χ2n) is 4.56. The number of ether oxygens (including phenoxy) is 2. The van der Waals surface area contributed by atoms with Crippen LogP contribution < -0.4 is 4.74 Å². The monoisotopic (exact) mass is 222 g/mol. The normalized spacial score (nSPS) is 11.0. The van der Waals surface area contributed by atoms with Gasteiger partial charge in [-0.05, 0) is 30.0 Å². The highest BCUT2D eigenvalue weighted by atomic mass is 16.7. The Kier molecular flexibility index (Phi) is 3.93. The van der Waals surface area contributed by atoms with Gasteiger partial charge in [-0.3, -0.25) is 0 Å². The first-order chi connectivity index (χ1) is 7.43. The standard InChI is InChI=1S/C13H18O3/c1-5-15-12(14)16-11-8-6-7-10(9-11)13(2,3)4/h6-9H,5H2,1-4H3. The number of carbonyl (C=O) groups is 1. The second kappa shape index (κ2) is 5.01. The Morgan fingerprint density at radius 2 is 2.00 bits per heavy atom. The first-order valence-electron chi connectivity index (χ1n) is 5.38. The van der Waals surface area contributed by atoms with E-state index < -0.39 is 6.16 Å². The van der Waals surface area contributed by atoms with Gasteiger partial charge in [0, 0.05) is 0 Å². The Hall–Kier alpha value is -1.51. The molecule has 1 rings (SSSR count). The summed E-state index contributed by atoms with van der Waals surface area (Å²) >= 11 is 0. The van der Waals surface area contributed by atoms with Gasteiger partial charge in [0.25, 0.3) is 0 Å². The Morgan fingerprint density at radius 1 is 1.31 bits per heavy atom. The van der Waals surface area contributed by atoms with E-state index in [1.165, 1.54) is 0 Å². The van der Waals surface area contributed by atoms with Gasteiger partial charge >= 0.3 is 6.16 Å². The molecule has 0 atom stereocenters. The molecule has 3 nitrogen and oxygen atoms in total. The number of benzene rings is 1. The van der Waals surface area contributed by atoms with E-state index in [4.69, 9.17) is 9.47 Å². The largest absolute Gasteiger partial charge is 0.513 e. The minimum atomic E-state index is -0.659. The molecule has 0 spiro atoms. The van der Waals surface area contributed by atoms with Crippen molar-refractivity contribution in [3.05, 3.63) is 29.8 Å². The highest BCUT2D eigenvalue weighted by Crippen LogP contribution is 2.25. The quantitative estimate of drug-likeness (QED) is 0.567. The average molecular weight is 222 g/mol. The van der Waals surface area contributed by atoms with Crippen LogP contribution in [0.5, 0.6) is 5.75 Å². The van der Waals surface area contributed by atoms with Crippen molar-refractivity contribution in [1.82, 2.24) is 0 Å². The molecule has 0 aliphatic heterocycles. The lowest BCUT2D eigenvalue weighted by molar-refractivity contribution is 0.104. The topological polar surface area (TPSA) is 35.5 Å². The molecule has 0 unspecified atom stereocenters. The molecule has 0 fully saturated rings. The third kappa shape index (κ3) is 3.57. The zero-order valence-electron chi connectivity index (χ0n) is 10.2. The van der Waals surface area contributed by atoms with E-state index in [-0.39, 0.29) is 5.41 Å². The third-order valence-electron chi connectivity index (χ3n) is 2.16. The van der Waals surface area contributed by atoms with Crippen LogP contribution in [0.15, 0.2) is 24.3 Å². The van der Waals surface area contributed by atoms with Gasteiger partial charge in [-0.2, -0.15) is 0 Å². The smallest absolute Gasteiger partial charge is 0.434 e. The van der Waals surface area contributed by atoms with Gasteiger partial charge in [0.15, 0.2) is 0 Å². The molecule has 0 saturated carbocycles. The maximum atomic E-state index is 11.1. The zero-order valence-corrected chi connectivity index (χ0v) is 10.2. The van der Waals surface area contributed by atoms with Crippen LogP contribution in [0.1, 0.15) is 33.3 Å². The zero-order chi connectivity index (χ0) is 12.2. The second-order valence-corrected chi connectivity index (χ2v) is 4.56. The van der Waals surface area contributed by atoms with E-state index in [0.717, 1.165) is 5.56 Å². The molecule has 88 valence electrons. The molecule has 0 amide bonds. The third-order valence-corrected chi connectivity index (χ3v) is 2.16. The maximum Gasteiger partial charge on any atom is 0.513 e. The Balaban J connectivity index is 2.79. The Morgan fingerprint density at radius 3 is 2.56 bits per heavy atom. The van der Waals surface area contributed by atoms with Crippen molar-refractivity contribution in [3.8, 4) is 5.75 Å². The van der Waals surface area contributed by atoms with Crippen LogP contribution in [0.3, 0.4) is 0 Å². The molecule has 0 radical (unpaired) electrons. The Bertz CT molecular complexity index is 364. The van der Waals surface area contributed by atoms with E-state index in [1.807, 2.05) is 18.2 Å². The number of hydrogen-bond acceptors (Lipinski definition) is 3. The fraction of sp³-hybridized carbons (Fsp3) is 0.462. The lowest BCUT2D eigenvalue weighted by Gasteiger charge is -2.19. The van der Waals surface area contributed by atoms with E-state index in [1.54, 1.807) is 13.0 Å². The van der Waals surface area contributed by atoms with Crippen LogP contribution in [0, 0.1) is 0 Å². The van der Waals surface area contributed by atoms with Crippen molar-refractivity contribution < 1.29 is 14.3 Å². The first-order valence-corrected chi connectivity index (χ1v) is 5.38. The summed E-state index contributed by atoms with van der Waals surface area (Å²) in [5.74, 6) is 0.519. The summed E-state index contributed by atoms with van der Waals surface area (Å²) in [5, 5.41) is 0. The van der Waals surface area contributed by atoms with Crippen LogP contribution in [-0.4, -0.2) is 12.8 Å². The predicted molar refractivity (Wildman–Crippen MR) is 62.8 cm³/mol. The molecule has 0 aliphatic carbocycles. The predicted octanol–water partition coefficient (Wildman–Crippen LogP) is 3.52. The van der Waals surface area contributed by atoms with E-state index in [2.05, 4.69) is 20.8 Å². The van der Waals surface area contributed by atoms with E-state index >= 15 is 0 Å². The van der Waals surface area contributed by atoms with Crippen molar-refractivity contribution in [2.45, 2.75) is 33.1 Å². The first kappa shape index (κ1) is 12.6. The highest BCUT2D eigenvalue weighted by molar-refractivity contribution is 5.63. The molecule has 1 aromatic rings. The van der Waals surface area contributed by atoms with Crippen molar-refractivity contribution in [3.63, 3.8) is 0 Å². The van der Waals surface area contributed by atoms with Crippen molar-refractivity contribution >= 4 is 6.16 Å². The van der Waals surface area contributed by atoms with Crippen LogP contribution in [0.25, 0.3) is 0 Å². The molecule has 1 aromatic carbocycles. The summed E-state index contributed by atoms with van der Waals surface area (Å²) in [4.78, 5) is 11.1. The molecule has 0 bridgehead atoms. The summed E-state index contributed by atoms with van der Waals surface area (Å²) in [5.41, 5.74) is 1.16. The van der Waals surface area contributed by atoms with Crippen molar-refractivity contribution in [2.24, 2.45) is 0 Å². The van der Waals surface area contributed by atoms with Crippen LogP contribution in [0.2, 0.25) is 0 Å². The number of carbonyl (C=O) groups excluding carboxylic acids is 1. The van der Waals surface area contributed by atoms with Gasteiger partial charge < -0.3 is 9.47 Å². The SMILES string of the molecule is CCOC(=O)Oc1cccc(C(C)(C)C)c1. The average Bonchev–Trinajstić information content (AvgIpc) is 2.17. The molecule has 0 N–H and O–H groups in total. The van der Waals surface area contributed by atoms with Crippen LogP contribution in [-0.2, 0) is 10.2 Å². The molecule has 3 heteroatoms. The van der Waals surface area contributed by atoms with Gasteiger partial charge in [-0.15, -0.1) is 0 Å². The fourth-order valence-corrected chi connectivity index (χ4v) is 1.27. The summed E-state index contributed by atoms with van der Waals surface area (Å²) in [7, 11) is 0. The Labute approximate surface area is 96.4 Å². The number of hydrogen-bond donors (Lipinski definition) is 0. The molecule has 0 aliphatic rings. The molecule has 16 heavy (non-hydrogen) atoms. The summed E-state index contributed by atoms with van der Waals surface area (Å²) in [6.45, 7) is 8.38. The summed E-state index contributed by atoms with van der Waals surface area (Å²) in [6.07, 6.45) is -0.659. The molecule has 0 aromatic heterocycles. The minimum absolute atomic E-state index is 0.0357. The summed E-state index contributed by atoms with van der Waals surface area (Å²) in [6, 6.07) is 7.48. The molecule has 0 heterocycles. The van der Waals surface area contributed by atoms with E-state index in [9.17, 15) is 4.79 Å². The van der Waals surface area contributed by atoms with Crippen LogP contribution in [0.4, 0.5) is 4.79 Å². The van der Waals surface area contributed by atoms with Crippen molar-refractivity contribution in [1.29, 1.82) is 0 Å². The molecular weight excluding hydrogens is 204 g/mol. The summed E-state index contributed by atoms with van der Waals surface area (Å²) < 4.78 is 9.74. The highest BCUT2D eigenvalue weighted by Gasteiger charge is 2.14. The van der Waals surface area contributed by atoms with E-state index in [0.29, 0.717) is 12.4 Å². The van der Waals surface area contributed by atoms with Crippen LogP contribution >= 0.6 is 0 Å². The van der Waals surface area contributed by atoms with Crippen molar-refractivity contribution in [2.75, 3.05) is 6.61 Å². The lowest BCUT2D eigenvalue weighted by atomic mass is 9.87. The van der Waals surface area contributed by atoms with Gasteiger partial charge in [-0.25, -0.2) is 4.79 Å². The maximum absolute atomic E-state index is 11.1. The van der Waals surface area contributed by atoms with Gasteiger partial charge in [0.1, 0.15) is 5.75 Å². The minimum Gasteiger partial charge on any atom is -0.434 e. The van der Waals surface area contributed by atoms with Gasteiger partial charge in [0.2, 0.25) is 0 Å². The molecule has 0 saturated heterocycles. The number of rotatable bonds is 2. The molecular formula is C13H18O3. The fourth-order valence-electron chi connectivity index (χ4n) is 1.27. The van der Waals surface area contributed by atoms with Gasteiger partial charge in [-0.1, -0.05) is 32.9 Å². The van der Waals surface area contributed by atoms with Gasteiger partial charge in [0.05, 0.1) is 6.61 Å².